The van der Waals surface area contributed by atoms with Crippen LogP contribution in [0.2, 0.25) is 5.15 Å². The molecule has 1 aliphatic rings. The lowest BCUT2D eigenvalue weighted by atomic mass is 10.2. The van der Waals surface area contributed by atoms with Gasteiger partial charge in [-0.25, -0.2) is 9.97 Å². The molecule has 4 nitrogen and oxygen atoms in total. The van der Waals surface area contributed by atoms with Crippen LogP contribution >= 0.6 is 27.5 Å². The molecule has 0 aromatic carbocycles. The molecular formula is C9H12BrClN4. The third-order valence-electron chi connectivity index (χ3n) is 2.48. The molecule has 0 aliphatic carbocycles. The van der Waals surface area contributed by atoms with E-state index in [1.165, 1.54) is 6.33 Å². The van der Waals surface area contributed by atoms with Crippen LogP contribution in [0.25, 0.3) is 0 Å². The van der Waals surface area contributed by atoms with Crippen molar-refractivity contribution in [3.63, 3.8) is 0 Å². The molecule has 1 aromatic rings. The Labute approximate surface area is 102 Å². The number of anilines is 1. The zero-order chi connectivity index (χ0) is 10.8. The van der Waals surface area contributed by atoms with E-state index in [-0.39, 0.29) is 0 Å². The van der Waals surface area contributed by atoms with Crippen molar-refractivity contribution >= 4 is 33.3 Å². The summed E-state index contributed by atoms with van der Waals surface area (Å²) in [6.07, 6.45) is 2.60. The fourth-order valence-corrected chi connectivity index (χ4v) is 2.15. The van der Waals surface area contributed by atoms with E-state index in [4.69, 9.17) is 11.6 Å². The molecule has 0 saturated carbocycles. The number of likely N-dealkylation sites (N-methyl/N-ethyl adjacent to an activating group) is 1. The van der Waals surface area contributed by atoms with Crippen molar-refractivity contribution in [2.45, 2.75) is 12.5 Å². The van der Waals surface area contributed by atoms with Gasteiger partial charge in [0.25, 0.3) is 0 Å². The van der Waals surface area contributed by atoms with Gasteiger partial charge in [-0.3, -0.25) is 0 Å². The topological polar surface area (TPSA) is 41.0 Å². The van der Waals surface area contributed by atoms with Gasteiger partial charge in [-0.05, 0) is 35.9 Å². The average molecular weight is 292 g/mol. The second-order valence-electron chi connectivity index (χ2n) is 3.72. The summed E-state index contributed by atoms with van der Waals surface area (Å²) >= 11 is 9.25. The maximum absolute atomic E-state index is 5.88. The van der Waals surface area contributed by atoms with E-state index in [9.17, 15) is 0 Å². The number of rotatable bonds is 2. The lowest BCUT2D eigenvalue weighted by molar-refractivity contribution is 0.414. The number of aromatic nitrogens is 2. The van der Waals surface area contributed by atoms with Crippen molar-refractivity contribution in [3.05, 3.63) is 16.0 Å². The largest absolute Gasteiger partial charge is 0.365 e. The second-order valence-corrected chi connectivity index (χ2v) is 4.87. The van der Waals surface area contributed by atoms with Gasteiger partial charge in [0.1, 0.15) is 17.3 Å². The van der Waals surface area contributed by atoms with E-state index in [1.54, 1.807) is 0 Å². The minimum atomic E-state index is 0.442. The monoisotopic (exact) mass is 290 g/mol. The maximum atomic E-state index is 5.88. The Morgan fingerprint density at radius 2 is 2.40 bits per heavy atom. The van der Waals surface area contributed by atoms with Crippen molar-refractivity contribution in [3.8, 4) is 0 Å². The molecule has 0 radical (unpaired) electrons. The number of hydrogen-bond acceptors (Lipinski definition) is 4. The Bertz CT molecular complexity index is 360. The number of nitrogens with zero attached hydrogens (tertiary/aromatic N) is 3. The fourth-order valence-electron chi connectivity index (χ4n) is 1.70. The Kier molecular flexibility index (Phi) is 3.43. The summed E-state index contributed by atoms with van der Waals surface area (Å²) in [5, 5.41) is 3.80. The molecule has 6 heteroatoms. The van der Waals surface area contributed by atoms with Crippen LogP contribution in [0.4, 0.5) is 5.82 Å². The first-order valence-electron chi connectivity index (χ1n) is 4.78. The van der Waals surface area contributed by atoms with Crippen molar-refractivity contribution in [2.75, 3.05) is 25.5 Å². The van der Waals surface area contributed by atoms with Crippen LogP contribution in [0.3, 0.4) is 0 Å². The van der Waals surface area contributed by atoms with E-state index < -0.39 is 0 Å². The SMILES string of the molecule is CN1CCC(Nc2ncnc(Cl)c2Br)C1. The van der Waals surface area contributed by atoms with Crippen LogP contribution in [0.1, 0.15) is 6.42 Å². The molecule has 1 aliphatic heterocycles. The molecular weight excluding hydrogens is 279 g/mol. The summed E-state index contributed by atoms with van der Waals surface area (Å²) in [5.74, 6) is 0.773. The summed E-state index contributed by atoms with van der Waals surface area (Å²) in [6.45, 7) is 2.15. The van der Waals surface area contributed by atoms with Crippen LogP contribution in [0, 0.1) is 0 Å². The highest BCUT2D eigenvalue weighted by atomic mass is 79.9. The molecule has 82 valence electrons. The molecule has 2 rings (SSSR count). The lowest BCUT2D eigenvalue weighted by Crippen LogP contribution is -2.24. The first kappa shape index (κ1) is 11.1. The fraction of sp³-hybridized carbons (Fsp3) is 0.556. The van der Waals surface area contributed by atoms with Gasteiger partial charge >= 0.3 is 0 Å². The van der Waals surface area contributed by atoms with E-state index >= 15 is 0 Å². The first-order chi connectivity index (χ1) is 7.16. The maximum Gasteiger partial charge on any atom is 0.148 e. The van der Waals surface area contributed by atoms with E-state index in [1.807, 2.05) is 0 Å². The van der Waals surface area contributed by atoms with E-state index in [0.29, 0.717) is 11.2 Å². The predicted octanol–water partition coefficient (Wildman–Crippen LogP) is 2.01. The molecule has 2 heterocycles. The Morgan fingerprint density at radius 3 is 3.07 bits per heavy atom. The molecule has 1 atom stereocenters. The third kappa shape index (κ3) is 2.59. The van der Waals surface area contributed by atoms with Gasteiger partial charge < -0.3 is 10.2 Å². The number of halogens is 2. The quantitative estimate of drug-likeness (QED) is 0.846. The van der Waals surface area contributed by atoms with Crippen molar-refractivity contribution < 1.29 is 0 Å². The third-order valence-corrected chi connectivity index (χ3v) is 3.75. The molecule has 0 bridgehead atoms. The predicted molar refractivity (Wildman–Crippen MR) is 64.3 cm³/mol. The normalized spacial score (nSPS) is 21.9. The van der Waals surface area contributed by atoms with Gasteiger partial charge in [0.2, 0.25) is 0 Å². The number of likely N-dealkylation sites (tertiary alicyclic amines) is 1. The highest BCUT2D eigenvalue weighted by Crippen LogP contribution is 2.27. The van der Waals surface area contributed by atoms with Crippen LogP contribution in [-0.4, -0.2) is 41.0 Å². The standard InChI is InChI=1S/C9H12BrClN4/c1-15-3-2-6(4-15)14-9-7(10)8(11)12-5-13-9/h5-6H,2-4H2,1H3,(H,12,13,14). The van der Waals surface area contributed by atoms with Crippen LogP contribution in [0.5, 0.6) is 0 Å². The zero-order valence-corrected chi connectivity index (χ0v) is 10.7. The molecule has 0 spiro atoms. The van der Waals surface area contributed by atoms with Crippen LogP contribution in [0.15, 0.2) is 10.8 Å². The van der Waals surface area contributed by atoms with Gasteiger partial charge in [-0.2, -0.15) is 0 Å². The van der Waals surface area contributed by atoms with Crippen molar-refractivity contribution in [2.24, 2.45) is 0 Å². The Balaban J connectivity index is 2.07. The highest BCUT2D eigenvalue weighted by Gasteiger charge is 2.20. The van der Waals surface area contributed by atoms with Gasteiger partial charge in [-0.1, -0.05) is 11.6 Å². The van der Waals surface area contributed by atoms with Crippen LogP contribution in [-0.2, 0) is 0 Å². The molecule has 1 saturated heterocycles. The van der Waals surface area contributed by atoms with Gasteiger partial charge in [0.05, 0.1) is 4.47 Å². The molecule has 1 fully saturated rings. The Morgan fingerprint density at radius 1 is 1.60 bits per heavy atom. The summed E-state index contributed by atoms with van der Waals surface area (Å²) in [7, 11) is 2.11. The van der Waals surface area contributed by atoms with Gasteiger partial charge in [0, 0.05) is 12.6 Å². The highest BCUT2D eigenvalue weighted by molar-refractivity contribution is 9.10. The van der Waals surface area contributed by atoms with Crippen molar-refractivity contribution in [1.82, 2.24) is 14.9 Å². The van der Waals surface area contributed by atoms with Gasteiger partial charge in [0.15, 0.2) is 0 Å². The minimum Gasteiger partial charge on any atom is -0.365 e. The summed E-state index contributed by atoms with van der Waals surface area (Å²) in [4.78, 5) is 10.3. The molecule has 1 N–H and O–H groups in total. The Hall–Kier alpha value is -0.390. The zero-order valence-electron chi connectivity index (χ0n) is 8.37. The molecule has 15 heavy (non-hydrogen) atoms. The number of nitrogens with one attached hydrogen (secondary N) is 1. The average Bonchev–Trinajstić information content (AvgIpc) is 2.59. The molecule has 1 unspecified atom stereocenters. The summed E-state index contributed by atoms with van der Waals surface area (Å²) in [6, 6.07) is 0.442. The van der Waals surface area contributed by atoms with Crippen LogP contribution < -0.4 is 5.32 Å². The summed E-state index contributed by atoms with van der Waals surface area (Å²) < 4.78 is 0.737. The smallest absolute Gasteiger partial charge is 0.148 e. The molecule has 1 aromatic heterocycles. The van der Waals surface area contributed by atoms with E-state index in [0.717, 1.165) is 29.8 Å². The van der Waals surface area contributed by atoms with Crippen molar-refractivity contribution in [1.29, 1.82) is 0 Å². The minimum absolute atomic E-state index is 0.442. The van der Waals surface area contributed by atoms with E-state index in [2.05, 4.69) is 43.2 Å². The van der Waals surface area contributed by atoms with Gasteiger partial charge in [-0.15, -0.1) is 0 Å². The second kappa shape index (κ2) is 4.63. The first-order valence-corrected chi connectivity index (χ1v) is 5.95. The lowest BCUT2D eigenvalue weighted by Gasteiger charge is -2.14. The summed E-state index contributed by atoms with van der Waals surface area (Å²) in [5.41, 5.74) is 0. The molecule has 0 amide bonds. The number of hydrogen-bond donors (Lipinski definition) is 1.